The summed E-state index contributed by atoms with van der Waals surface area (Å²) in [6.45, 7) is 3.70. The van der Waals surface area contributed by atoms with Crippen LogP contribution in [0.25, 0.3) is 0 Å². The standard InChI is InChI=1S/C15H17ClN2O2S/c1-15(2,10-12-6-4-3-5-7-12)18-21(19,20)13-8-9-14(16)17-11-13/h3-9,11,18H,10H2,1-2H3. The number of nitrogens with zero attached hydrogens (tertiary/aromatic N) is 1. The molecular formula is C15H17ClN2O2S. The molecule has 0 aliphatic heterocycles. The zero-order valence-corrected chi connectivity index (χ0v) is 13.4. The normalized spacial score (nSPS) is 12.3. The van der Waals surface area contributed by atoms with Crippen molar-refractivity contribution in [3.63, 3.8) is 0 Å². The molecule has 0 bridgehead atoms. The number of rotatable bonds is 5. The molecule has 6 heteroatoms. The van der Waals surface area contributed by atoms with E-state index in [2.05, 4.69) is 9.71 Å². The third-order valence-electron chi connectivity index (χ3n) is 2.91. The van der Waals surface area contributed by atoms with Crippen LogP contribution in [0.1, 0.15) is 19.4 Å². The summed E-state index contributed by atoms with van der Waals surface area (Å²) >= 11 is 5.68. The predicted octanol–water partition coefficient (Wildman–Crippen LogP) is 3.03. The number of hydrogen-bond donors (Lipinski definition) is 1. The minimum atomic E-state index is -3.63. The van der Waals surface area contributed by atoms with Gasteiger partial charge in [0.25, 0.3) is 0 Å². The molecule has 0 aliphatic rings. The lowest BCUT2D eigenvalue weighted by Gasteiger charge is -2.26. The maximum Gasteiger partial charge on any atom is 0.242 e. The van der Waals surface area contributed by atoms with Crippen LogP contribution in [0.2, 0.25) is 5.15 Å². The summed E-state index contributed by atoms with van der Waals surface area (Å²) in [4.78, 5) is 3.91. The van der Waals surface area contributed by atoms with Gasteiger partial charge in [-0.15, -0.1) is 0 Å². The van der Waals surface area contributed by atoms with E-state index in [0.717, 1.165) is 5.56 Å². The number of aromatic nitrogens is 1. The average Bonchev–Trinajstić information content (AvgIpc) is 2.38. The second-order valence-electron chi connectivity index (χ2n) is 5.47. The number of halogens is 1. The van der Waals surface area contributed by atoms with Crippen LogP contribution in [0.5, 0.6) is 0 Å². The number of hydrogen-bond acceptors (Lipinski definition) is 3. The van der Waals surface area contributed by atoms with Crippen molar-refractivity contribution in [2.24, 2.45) is 0 Å². The SMILES string of the molecule is CC(C)(Cc1ccccc1)NS(=O)(=O)c1ccc(Cl)nc1. The lowest BCUT2D eigenvalue weighted by atomic mass is 9.96. The molecule has 0 atom stereocenters. The molecule has 0 aliphatic carbocycles. The van der Waals surface area contributed by atoms with Crippen molar-refractivity contribution >= 4 is 21.6 Å². The van der Waals surface area contributed by atoms with Gasteiger partial charge in [-0.05, 0) is 38.0 Å². The Kier molecular flexibility index (Phi) is 4.66. The fourth-order valence-corrected chi connectivity index (χ4v) is 3.55. The molecule has 112 valence electrons. The first-order valence-corrected chi connectivity index (χ1v) is 8.34. The van der Waals surface area contributed by atoms with Gasteiger partial charge in [0.2, 0.25) is 10.0 Å². The van der Waals surface area contributed by atoms with Gasteiger partial charge in [0.05, 0.1) is 0 Å². The highest BCUT2D eigenvalue weighted by molar-refractivity contribution is 7.89. The van der Waals surface area contributed by atoms with Crippen LogP contribution in [-0.2, 0) is 16.4 Å². The molecule has 0 radical (unpaired) electrons. The highest BCUT2D eigenvalue weighted by Gasteiger charge is 2.26. The fourth-order valence-electron chi connectivity index (χ4n) is 2.09. The van der Waals surface area contributed by atoms with Crippen LogP contribution in [0.3, 0.4) is 0 Å². The highest BCUT2D eigenvalue weighted by atomic mass is 35.5. The summed E-state index contributed by atoms with van der Waals surface area (Å²) in [5.74, 6) is 0. The minimum absolute atomic E-state index is 0.105. The van der Waals surface area contributed by atoms with E-state index in [4.69, 9.17) is 11.6 Å². The van der Waals surface area contributed by atoms with Gasteiger partial charge in [0.15, 0.2) is 0 Å². The van der Waals surface area contributed by atoms with E-state index < -0.39 is 15.6 Å². The van der Waals surface area contributed by atoms with E-state index in [-0.39, 0.29) is 10.0 Å². The van der Waals surface area contributed by atoms with E-state index in [9.17, 15) is 8.42 Å². The molecule has 1 aromatic carbocycles. The molecular weight excluding hydrogens is 308 g/mol. The smallest absolute Gasteiger partial charge is 0.242 e. The number of benzene rings is 1. The summed E-state index contributed by atoms with van der Waals surface area (Å²) < 4.78 is 27.4. The van der Waals surface area contributed by atoms with E-state index in [1.807, 2.05) is 44.2 Å². The first-order chi connectivity index (χ1) is 9.78. The summed E-state index contributed by atoms with van der Waals surface area (Å²) in [5.41, 5.74) is 0.458. The predicted molar refractivity (Wildman–Crippen MR) is 83.8 cm³/mol. The van der Waals surface area contributed by atoms with Gasteiger partial charge < -0.3 is 0 Å². The van der Waals surface area contributed by atoms with Crippen molar-refractivity contribution in [1.82, 2.24) is 9.71 Å². The van der Waals surface area contributed by atoms with Crippen molar-refractivity contribution in [2.75, 3.05) is 0 Å². The molecule has 21 heavy (non-hydrogen) atoms. The molecule has 0 saturated heterocycles. The molecule has 0 spiro atoms. The minimum Gasteiger partial charge on any atom is -0.243 e. The third kappa shape index (κ3) is 4.52. The number of nitrogens with one attached hydrogen (secondary N) is 1. The molecule has 0 unspecified atom stereocenters. The van der Waals surface area contributed by atoms with E-state index in [0.29, 0.717) is 6.42 Å². The fraction of sp³-hybridized carbons (Fsp3) is 0.267. The number of sulfonamides is 1. The van der Waals surface area contributed by atoms with Crippen LogP contribution < -0.4 is 4.72 Å². The van der Waals surface area contributed by atoms with Crippen LogP contribution in [0.4, 0.5) is 0 Å². The summed E-state index contributed by atoms with van der Waals surface area (Å²) in [5, 5.41) is 0.262. The summed E-state index contributed by atoms with van der Waals surface area (Å²) in [6.07, 6.45) is 1.84. The Morgan fingerprint density at radius 2 is 1.81 bits per heavy atom. The van der Waals surface area contributed by atoms with Crippen LogP contribution in [-0.4, -0.2) is 18.9 Å². The molecule has 2 aromatic rings. The quantitative estimate of drug-likeness (QED) is 0.860. The summed E-state index contributed by atoms with van der Waals surface area (Å²) in [7, 11) is -3.63. The molecule has 1 heterocycles. The Balaban J connectivity index is 2.17. The Labute approximate surface area is 130 Å². The van der Waals surface area contributed by atoms with Gasteiger partial charge in [-0.1, -0.05) is 41.9 Å². The first kappa shape index (κ1) is 15.9. The molecule has 0 saturated carbocycles. The lowest BCUT2D eigenvalue weighted by molar-refractivity contribution is 0.450. The molecule has 1 aromatic heterocycles. The van der Waals surface area contributed by atoms with E-state index >= 15 is 0 Å². The monoisotopic (exact) mass is 324 g/mol. The lowest BCUT2D eigenvalue weighted by Crippen LogP contribution is -2.45. The second-order valence-corrected chi connectivity index (χ2v) is 7.54. The van der Waals surface area contributed by atoms with Gasteiger partial charge in [-0.25, -0.2) is 18.1 Å². The maximum atomic E-state index is 12.4. The molecule has 0 fully saturated rings. The Hall–Kier alpha value is -1.43. The Bertz CT molecular complexity index is 698. The second kappa shape index (κ2) is 6.13. The average molecular weight is 325 g/mol. The van der Waals surface area contributed by atoms with Gasteiger partial charge >= 0.3 is 0 Å². The third-order valence-corrected chi connectivity index (χ3v) is 4.82. The first-order valence-electron chi connectivity index (χ1n) is 6.48. The van der Waals surface area contributed by atoms with Crippen molar-refractivity contribution in [3.05, 3.63) is 59.4 Å². The maximum absolute atomic E-state index is 12.4. The molecule has 4 nitrogen and oxygen atoms in total. The molecule has 1 N–H and O–H groups in total. The van der Waals surface area contributed by atoms with Crippen molar-refractivity contribution < 1.29 is 8.42 Å². The van der Waals surface area contributed by atoms with Crippen LogP contribution in [0.15, 0.2) is 53.6 Å². The largest absolute Gasteiger partial charge is 0.243 e. The van der Waals surface area contributed by atoms with Gasteiger partial charge in [-0.2, -0.15) is 0 Å². The van der Waals surface area contributed by atoms with Gasteiger partial charge in [0.1, 0.15) is 10.0 Å². The topological polar surface area (TPSA) is 59.1 Å². The zero-order chi connectivity index (χ0) is 15.5. The zero-order valence-electron chi connectivity index (χ0n) is 11.9. The Morgan fingerprint density at radius 1 is 1.14 bits per heavy atom. The molecule has 2 rings (SSSR count). The molecule has 0 amide bonds. The highest BCUT2D eigenvalue weighted by Crippen LogP contribution is 2.17. The van der Waals surface area contributed by atoms with Gasteiger partial charge in [-0.3, -0.25) is 0 Å². The van der Waals surface area contributed by atoms with Crippen LogP contribution >= 0.6 is 11.6 Å². The van der Waals surface area contributed by atoms with Crippen molar-refractivity contribution in [1.29, 1.82) is 0 Å². The van der Waals surface area contributed by atoms with Gasteiger partial charge in [0, 0.05) is 11.7 Å². The summed E-state index contributed by atoms with van der Waals surface area (Å²) in [6, 6.07) is 12.6. The van der Waals surface area contributed by atoms with E-state index in [1.54, 1.807) is 0 Å². The van der Waals surface area contributed by atoms with E-state index in [1.165, 1.54) is 18.3 Å². The number of pyridine rings is 1. The van der Waals surface area contributed by atoms with Crippen molar-refractivity contribution in [2.45, 2.75) is 30.7 Å². The van der Waals surface area contributed by atoms with Crippen LogP contribution in [0, 0.1) is 0 Å². The van der Waals surface area contributed by atoms with Crippen molar-refractivity contribution in [3.8, 4) is 0 Å². The Morgan fingerprint density at radius 3 is 2.38 bits per heavy atom.